The highest BCUT2D eigenvalue weighted by Gasteiger charge is 2.18. The third-order valence-electron chi connectivity index (χ3n) is 3.33. The van der Waals surface area contributed by atoms with Crippen LogP contribution in [0.15, 0.2) is 23.0 Å². The first-order chi connectivity index (χ1) is 9.82. The highest BCUT2D eigenvalue weighted by atomic mass is 35.5. The number of carbonyl (C=O) groups is 1. The van der Waals surface area contributed by atoms with E-state index in [1.54, 1.807) is 4.57 Å². The average molecular weight is 328 g/mol. The third-order valence-corrected chi connectivity index (χ3v) is 4.02. The Hall–Kier alpha value is -1.52. The van der Waals surface area contributed by atoms with Crippen LogP contribution in [0.1, 0.15) is 30.6 Å². The molecule has 1 aromatic carbocycles. The summed E-state index contributed by atoms with van der Waals surface area (Å²) in [6.07, 6.45) is 0.828. The van der Waals surface area contributed by atoms with Crippen LogP contribution in [0.3, 0.4) is 0 Å². The van der Waals surface area contributed by atoms with Crippen LogP contribution in [0.2, 0.25) is 10.0 Å². The first kappa shape index (κ1) is 15.9. The first-order valence-corrected chi connectivity index (χ1v) is 7.33. The van der Waals surface area contributed by atoms with Crippen molar-refractivity contribution in [2.75, 3.05) is 0 Å². The van der Waals surface area contributed by atoms with Gasteiger partial charge in [0, 0.05) is 18.0 Å². The van der Waals surface area contributed by atoms with Crippen molar-refractivity contribution in [1.29, 1.82) is 0 Å². The van der Waals surface area contributed by atoms with E-state index < -0.39 is 5.97 Å². The molecular formula is C15H15Cl2NO3. The van der Waals surface area contributed by atoms with Gasteiger partial charge in [-0.05, 0) is 24.5 Å². The molecule has 1 aromatic heterocycles. The van der Waals surface area contributed by atoms with E-state index >= 15 is 0 Å². The number of hydrogen-bond acceptors (Lipinski definition) is 2. The molecule has 21 heavy (non-hydrogen) atoms. The Balaban J connectivity index is 2.73. The van der Waals surface area contributed by atoms with Crippen LogP contribution in [0, 0.1) is 5.92 Å². The SMILES string of the molecule is CC(C)CCn1c(=O)ccc2c(Cl)c(C(=O)O)c(Cl)cc21. The van der Waals surface area contributed by atoms with Gasteiger partial charge in [-0.2, -0.15) is 0 Å². The van der Waals surface area contributed by atoms with Crippen molar-refractivity contribution < 1.29 is 9.90 Å². The number of pyridine rings is 1. The molecule has 0 saturated carbocycles. The van der Waals surface area contributed by atoms with Crippen LogP contribution in [-0.2, 0) is 6.54 Å². The Morgan fingerprint density at radius 1 is 1.33 bits per heavy atom. The highest BCUT2D eigenvalue weighted by molar-refractivity contribution is 6.42. The molecule has 2 aromatic rings. The van der Waals surface area contributed by atoms with Crippen LogP contribution in [0.4, 0.5) is 0 Å². The molecule has 4 nitrogen and oxygen atoms in total. The molecule has 0 aliphatic carbocycles. The van der Waals surface area contributed by atoms with E-state index in [4.69, 9.17) is 28.3 Å². The maximum atomic E-state index is 12.0. The number of hydrogen-bond donors (Lipinski definition) is 1. The smallest absolute Gasteiger partial charge is 0.338 e. The molecule has 2 rings (SSSR count). The number of carboxylic acids is 1. The largest absolute Gasteiger partial charge is 0.478 e. The third kappa shape index (κ3) is 3.06. The molecule has 0 atom stereocenters. The summed E-state index contributed by atoms with van der Waals surface area (Å²) in [5.74, 6) is -0.747. The molecule has 0 amide bonds. The minimum Gasteiger partial charge on any atom is -0.478 e. The minimum absolute atomic E-state index is 0.0314. The van der Waals surface area contributed by atoms with Crippen LogP contribution in [0.5, 0.6) is 0 Å². The van der Waals surface area contributed by atoms with Gasteiger partial charge in [-0.3, -0.25) is 4.79 Å². The van der Waals surface area contributed by atoms with E-state index in [1.807, 2.05) is 0 Å². The van der Waals surface area contributed by atoms with E-state index in [0.717, 1.165) is 6.42 Å². The average Bonchev–Trinajstić information content (AvgIpc) is 2.36. The zero-order valence-electron chi connectivity index (χ0n) is 11.7. The Morgan fingerprint density at radius 2 is 2.00 bits per heavy atom. The summed E-state index contributed by atoms with van der Waals surface area (Å²) in [6.45, 7) is 4.67. The Labute approximate surface area is 131 Å². The predicted octanol–water partition coefficient (Wildman–Crippen LogP) is 4.05. The molecule has 1 heterocycles. The van der Waals surface area contributed by atoms with Crippen molar-refractivity contribution in [1.82, 2.24) is 4.57 Å². The monoisotopic (exact) mass is 327 g/mol. The second-order valence-corrected chi connectivity index (χ2v) is 6.08. The predicted molar refractivity (Wildman–Crippen MR) is 84.6 cm³/mol. The van der Waals surface area contributed by atoms with E-state index in [0.29, 0.717) is 23.4 Å². The summed E-state index contributed by atoms with van der Waals surface area (Å²) in [6, 6.07) is 4.43. The fraction of sp³-hybridized carbons (Fsp3) is 0.333. The van der Waals surface area contributed by atoms with Crippen LogP contribution < -0.4 is 5.56 Å². The van der Waals surface area contributed by atoms with Crippen molar-refractivity contribution in [3.8, 4) is 0 Å². The van der Waals surface area contributed by atoms with E-state index in [9.17, 15) is 9.59 Å². The first-order valence-electron chi connectivity index (χ1n) is 6.57. The Kier molecular flexibility index (Phi) is 4.59. The minimum atomic E-state index is -1.19. The molecule has 0 radical (unpaired) electrons. The maximum absolute atomic E-state index is 12.0. The summed E-state index contributed by atoms with van der Waals surface area (Å²) in [5.41, 5.74) is 0.265. The van der Waals surface area contributed by atoms with Gasteiger partial charge < -0.3 is 9.67 Å². The highest BCUT2D eigenvalue weighted by Crippen LogP contribution is 2.32. The number of nitrogens with zero attached hydrogens (tertiary/aromatic N) is 1. The molecule has 112 valence electrons. The second-order valence-electron chi connectivity index (χ2n) is 5.29. The van der Waals surface area contributed by atoms with E-state index in [1.165, 1.54) is 18.2 Å². The van der Waals surface area contributed by atoms with Gasteiger partial charge in [0.15, 0.2) is 0 Å². The number of benzene rings is 1. The molecule has 0 unspecified atom stereocenters. The van der Waals surface area contributed by atoms with Gasteiger partial charge in [0.05, 0.1) is 21.1 Å². The molecule has 0 bridgehead atoms. The Morgan fingerprint density at radius 3 is 2.57 bits per heavy atom. The number of aromatic nitrogens is 1. The number of aryl methyl sites for hydroxylation is 1. The zero-order valence-corrected chi connectivity index (χ0v) is 13.2. The van der Waals surface area contributed by atoms with Gasteiger partial charge in [-0.1, -0.05) is 37.0 Å². The summed E-state index contributed by atoms with van der Waals surface area (Å²) in [7, 11) is 0. The van der Waals surface area contributed by atoms with E-state index in [-0.39, 0.29) is 21.2 Å². The molecule has 0 aliphatic rings. The molecule has 6 heteroatoms. The molecule has 0 aliphatic heterocycles. The van der Waals surface area contributed by atoms with Crippen molar-refractivity contribution >= 4 is 40.1 Å². The van der Waals surface area contributed by atoms with Gasteiger partial charge in [-0.15, -0.1) is 0 Å². The molecule has 1 N–H and O–H groups in total. The molecule has 0 spiro atoms. The van der Waals surface area contributed by atoms with Gasteiger partial charge in [-0.25, -0.2) is 4.79 Å². The molecule has 0 fully saturated rings. The number of aromatic carboxylic acids is 1. The maximum Gasteiger partial charge on any atom is 0.338 e. The van der Waals surface area contributed by atoms with Crippen molar-refractivity contribution in [2.24, 2.45) is 5.92 Å². The second kappa shape index (κ2) is 6.08. The van der Waals surface area contributed by atoms with Gasteiger partial charge in [0.25, 0.3) is 5.56 Å². The van der Waals surface area contributed by atoms with Crippen LogP contribution in [-0.4, -0.2) is 15.6 Å². The summed E-state index contributed by atoms with van der Waals surface area (Å²) in [4.78, 5) is 23.3. The zero-order chi connectivity index (χ0) is 15.7. The molecular weight excluding hydrogens is 313 g/mol. The number of halogens is 2. The van der Waals surface area contributed by atoms with Gasteiger partial charge in [0.1, 0.15) is 0 Å². The van der Waals surface area contributed by atoms with Crippen molar-refractivity contribution in [2.45, 2.75) is 26.8 Å². The Bertz CT molecular complexity index is 766. The topological polar surface area (TPSA) is 59.3 Å². The standard InChI is InChI=1S/C15H15Cl2NO3/c1-8(2)5-6-18-11-7-10(16)13(15(20)21)14(17)9(11)3-4-12(18)19/h3-4,7-8H,5-6H2,1-2H3,(H,20,21). The number of fused-ring (bicyclic) bond motifs is 1. The van der Waals surface area contributed by atoms with Crippen LogP contribution >= 0.6 is 23.2 Å². The lowest BCUT2D eigenvalue weighted by atomic mass is 10.1. The van der Waals surface area contributed by atoms with Crippen molar-refractivity contribution in [3.63, 3.8) is 0 Å². The fourth-order valence-electron chi connectivity index (χ4n) is 2.18. The van der Waals surface area contributed by atoms with Gasteiger partial charge >= 0.3 is 5.97 Å². The lowest BCUT2D eigenvalue weighted by Gasteiger charge is -2.14. The summed E-state index contributed by atoms with van der Waals surface area (Å²) < 4.78 is 1.58. The van der Waals surface area contributed by atoms with Crippen molar-refractivity contribution in [3.05, 3.63) is 44.2 Å². The normalized spacial score (nSPS) is 11.3. The van der Waals surface area contributed by atoms with E-state index in [2.05, 4.69) is 13.8 Å². The van der Waals surface area contributed by atoms with Gasteiger partial charge in [0.2, 0.25) is 0 Å². The quantitative estimate of drug-likeness (QED) is 0.921. The lowest BCUT2D eigenvalue weighted by molar-refractivity contribution is 0.0697. The lowest BCUT2D eigenvalue weighted by Crippen LogP contribution is -2.20. The molecule has 0 saturated heterocycles. The number of rotatable bonds is 4. The number of carboxylic acid groups (broad SMARTS) is 1. The fourth-order valence-corrected chi connectivity index (χ4v) is 2.85. The summed E-state index contributed by atoms with van der Waals surface area (Å²) in [5, 5.41) is 9.77. The summed E-state index contributed by atoms with van der Waals surface area (Å²) >= 11 is 12.2. The van der Waals surface area contributed by atoms with Crippen LogP contribution in [0.25, 0.3) is 10.9 Å².